The van der Waals surface area contributed by atoms with Gasteiger partial charge in [-0.15, -0.1) is 0 Å². The van der Waals surface area contributed by atoms with Crippen LogP contribution in [0.5, 0.6) is 0 Å². The van der Waals surface area contributed by atoms with Gasteiger partial charge in [-0.2, -0.15) is 0 Å². The molecule has 0 saturated carbocycles. The van der Waals surface area contributed by atoms with E-state index in [2.05, 4.69) is 17.6 Å². The number of rotatable bonds is 22. The number of hydrogen-bond acceptors (Lipinski definition) is 5. The van der Waals surface area contributed by atoms with Crippen LogP contribution in [-0.2, 0) is 14.4 Å². The van der Waals surface area contributed by atoms with Gasteiger partial charge in [-0.25, -0.2) is 0 Å². The molecule has 0 bridgehead atoms. The Bertz CT molecular complexity index is 592. The lowest BCUT2D eigenvalue weighted by molar-refractivity contribution is -0.138. The second-order valence-corrected chi connectivity index (χ2v) is 10.8. The molecule has 0 aromatic carbocycles. The van der Waals surface area contributed by atoms with E-state index in [1.807, 2.05) is 27.7 Å². The Morgan fingerprint density at radius 2 is 1.17 bits per heavy atom. The smallest absolute Gasteiger partial charge is 0.245 e. The third-order valence-electron chi connectivity index (χ3n) is 6.24. The third kappa shape index (κ3) is 16.9. The van der Waals surface area contributed by atoms with Crippen LogP contribution >= 0.6 is 0 Å². The van der Waals surface area contributed by atoms with Gasteiger partial charge in [0.2, 0.25) is 17.7 Å². The molecule has 3 amide bonds. The lowest BCUT2D eigenvalue weighted by Gasteiger charge is -2.29. The van der Waals surface area contributed by atoms with Gasteiger partial charge in [0.25, 0.3) is 0 Å². The van der Waals surface area contributed by atoms with Crippen molar-refractivity contribution in [2.75, 3.05) is 26.3 Å². The van der Waals surface area contributed by atoms with E-state index < -0.39 is 12.1 Å². The second kappa shape index (κ2) is 21.4. The quantitative estimate of drug-likeness (QED) is 0.164. The summed E-state index contributed by atoms with van der Waals surface area (Å²) in [5.41, 5.74) is 0. The number of carbonyl (C=O) groups excluding carboxylic acids is 3. The molecular formula is C28H55N3O5. The molecule has 0 aliphatic heterocycles. The Hall–Kier alpha value is -1.67. The molecule has 0 unspecified atom stereocenters. The first-order valence-electron chi connectivity index (χ1n) is 14.3. The minimum Gasteiger partial charge on any atom is -0.395 e. The molecule has 0 radical (unpaired) electrons. The van der Waals surface area contributed by atoms with E-state index in [1.165, 1.54) is 43.4 Å². The van der Waals surface area contributed by atoms with Crippen molar-refractivity contribution in [3.8, 4) is 0 Å². The van der Waals surface area contributed by atoms with Crippen molar-refractivity contribution in [1.82, 2.24) is 15.5 Å². The number of aliphatic hydroxyl groups is 2. The minimum atomic E-state index is -0.778. The molecule has 0 spiro atoms. The molecular weight excluding hydrogens is 458 g/mol. The Morgan fingerprint density at radius 1 is 0.694 bits per heavy atom. The zero-order valence-electron chi connectivity index (χ0n) is 23.7. The zero-order valence-corrected chi connectivity index (χ0v) is 23.7. The molecule has 36 heavy (non-hydrogen) atoms. The van der Waals surface area contributed by atoms with E-state index in [4.69, 9.17) is 0 Å². The van der Waals surface area contributed by atoms with E-state index in [0.717, 1.165) is 19.3 Å². The Morgan fingerprint density at radius 3 is 1.64 bits per heavy atom. The summed E-state index contributed by atoms with van der Waals surface area (Å²) < 4.78 is 0. The van der Waals surface area contributed by atoms with Gasteiger partial charge in [-0.05, 0) is 31.1 Å². The molecule has 8 nitrogen and oxygen atoms in total. The van der Waals surface area contributed by atoms with E-state index >= 15 is 0 Å². The van der Waals surface area contributed by atoms with Crippen LogP contribution < -0.4 is 10.6 Å². The number of hydrogen-bond donors (Lipinski definition) is 4. The summed E-state index contributed by atoms with van der Waals surface area (Å²) in [4.78, 5) is 40.2. The molecule has 0 heterocycles. The summed E-state index contributed by atoms with van der Waals surface area (Å²) in [7, 11) is 0. The maximum Gasteiger partial charge on any atom is 0.245 e. The highest BCUT2D eigenvalue weighted by Gasteiger charge is 2.30. The maximum atomic E-state index is 13.2. The SMILES string of the molecule is CCCCCCCCCCCC(=O)N[C@@H](CC(C)C)C(=O)N[C@@H](CC(C)C)C(=O)N(CCO)CCO. The van der Waals surface area contributed by atoms with Gasteiger partial charge in [-0.1, -0.05) is 86.0 Å². The van der Waals surface area contributed by atoms with E-state index in [0.29, 0.717) is 19.3 Å². The van der Waals surface area contributed by atoms with Gasteiger partial charge in [0.1, 0.15) is 12.1 Å². The summed E-state index contributed by atoms with van der Waals surface area (Å²) in [5, 5.41) is 24.3. The molecule has 4 N–H and O–H groups in total. The normalized spacial score (nSPS) is 13.0. The van der Waals surface area contributed by atoms with Crippen molar-refractivity contribution >= 4 is 17.7 Å². The van der Waals surface area contributed by atoms with E-state index in [-0.39, 0.29) is 55.9 Å². The predicted octanol–water partition coefficient (Wildman–Crippen LogP) is 3.78. The fourth-order valence-corrected chi connectivity index (χ4v) is 4.32. The number of unbranched alkanes of at least 4 members (excludes halogenated alkanes) is 8. The number of aliphatic hydroxyl groups excluding tert-OH is 2. The molecule has 212 valence electrons. The van der Waals surface area contributed by atoms with Crippen LogP contribution in [0.1, 0.15) is 112 Å². The summed E-state index contributed by atoms with van der Waals surface area (Å²) in [6.45, 7) is 9.88. The molecule has 0 saturated heterocycles. The van der Waals surface area contributed by atoms with Crippen LogP contribution in [0, 0.1) is 11.8 Å². The first-order valence-corrected chi connectivity index (χ1v) is 14.3. The molecule has 8 heteroatoms. The molecule has 0 rings (SSSR count). The van der Waals surface area contributed by atoms with Crippen LogP contribution in [0.4, 0.5) is 0 Å². The lowest BCUT2D eigenvalue weighted by atomic mass is 9.99. The van der Waals surface area contributed by atoms with E-state index in [9.17, 15) is 24.6 Å². The number of carbonyl (C=O) groups is 3. The Kier molecular flexibility index (Phi) is 20.4. The fraction of sp³-hybridized carbons (Fsp3) is 0.893. The van der Waals surface area contributed by atoms with Gasteiger partial charge in [0.15, 0.2) is 0 Å². The van der Waals surface area contributed by atoms with E-state index in [1.54, 1.807) is 0 Å². The third-order valence-corrected chi connectivity index (χ3v) is 6.24. The van der Waals surface area contributed by atoms with Crippen molar-refractivity contribution in [2.45, 2.75) is 124 Å². The molecule has 0 aromatic rings. The van der Waals surface area contributed by atoms with Crippen LogP contribution in [0.3, 0.4) is 0 Å². The van der Waals surface area contributed by atoms with Crippen LogP contribution in [0.2, 0.25) is 0 Å². The number of nitrogens with one attached hydrogen (secondary N) is 2. The van der Waals surface area contributed by atoms with Crippen molar-refractivity contribution in [3.63, 3.8) is 0 Å². The average Bonchev–Trinajstić information content (AvgIpc) is 2.81. The predicted molar refractivity (Wildman–Crippen MR) is 145 cm³/mol. The minimum absolute atomic E-state index is 0.0920. The van der Waals surface area contributed by atoms with Gasteiger partial charge in [0.05, 0.1) is 13.2 Å². The zero-order chi connectivity index (χ0) is 27.3. The highest BCUT2D eigenvalue weighted by atomic mass is 16.3. The summed E-state index contributed by atoms with van der Waals surface area (Å²) in [6, 6.07) is -1.48. The van der Waals surface area contributed by atoms with Crippen molar-refractivity contribution in [2.24, 2.45) is 11.8 Å². The molecule has 0 fully saturated rings. The van der Waals surface area contributed by atoms with Gasteiger partial charge < -0.3 is 25.7 Å². The summed E-state index contributed by atoms with van der Waals surface area (Å²) >= 11 is 0. The largest absolute Gasteiger partial charge is 0.395 e. The summed E-state index contributed by atoms with van der Waals surface area (Å²) in [5.74, 6) is -0.490. The Labute approximate surface area is 220 Å². The molecule has 0 aliphatic carbocycles. The van der Waals surface area contributed by atoms with Gasteiger partial charge >= 0.3 is 0 Å². The first kappa shape index (κ1) is 34.3. The molecule has 0 aromatic heterocycles. The number of amides is 3. The number of nitrogens with zero attached hydrogens (tertiary/aromatic N) is 1. The molecule has 2 atom stereocenters. The average molecular weight is 514 g/mol. The van der Waals surface area contributed by atoms with Crippen LogP contribution in [-0.4, -0.2) is 71.2 Å². The Balaban J connectivity index is 4.89. The maximum absolute atomic E-state index is 13.2. The lowest BCUT2D eigenvalue weighted by Crippen LogP contribution is -2.55. The standard InChI is InChI=1S/C28H55N3O5/c1-6-7-8-9-10-11-12-13-14-15-26(34)29-24(20-22(2)3)27(35)30-25(21-23(4)5)28(36)31(16-18-32)17-19-33/h22-25,32-33H,6-21H2,1-5H3,(H,29,34)(H,30,35)/t24-,25-/m0/s1. The van der Waals surface area contributed by atoms with Gasteiger partial charge in [-0.3, -0.25) is 14.4 Å². The van der Waals surface area contributed by atoms with Crippen molar-refractivity contribution in [3.05, 3.63) is 0 Å². The monoisotopic (exact) mass is 513 g/mol. The van der Waals surface area contributed by atoms with Crippen molar-refractivity contribution < 1.29 is 24.6 Å². The topological polar surface area (TPSA) is 119 Å². The summed E-state index contributed by atoms with van der Waals surface area (Å²) in [6.07, 6.45) is 11.9. The van der Waals surface area contributed by atoms with Gasteiger partial charge in [0, 0.05) is 19.5 Å². The van der Waals surface area contributed by atoms with Crippen molar-refractivity contribution in [1.29, 1.82) is 0 Å². The highest BCUT2D eigenvalue weighted by molar-refractivity contribution is 5.92. The first-order chi connectivity index (χ1) is 17.2. The van der Waals surface area contributed by atoms with Crippen LogP contribution in [0.25, 0.3) is 0 Å². The fourth-order valence-electron chi connectivity index (χ4n) is 4.32. The molecule has 0 aliphatic rings. The van der Waals surface area contributed by atoms with Crippen LogP contribution in [0.15, 0.2) is 0 Å². The second-order valence-electron chi connectivity index (χ2n) is 10.8. The highest BCUT2D eigenvalue weighted by Crippen LogP contribution is 2.13.